The lowest BCUT2D eigenvalue weighted by Crippen LogP contribution is -2.59. The summed E-state index contributed by atoms with van der Waals surface area (Å²) in [4.78, 5) is 13.0. The van der Waals surface area contributed by atoms with Crippen molar-refractivity contribution < 1.29 is 43.1 Å². The van der Waals surface area contributed by atoms with Gasteiger partial charge in [0.05, 0.1) is 11.5 Å². The standard InChI is InChI=1S/C20H31NO9S/c1-20(2,21(19(25)26)11-13-7-5-4-6-8-13)9-10-31(27,28)12-14-15(22)16(23)17(24)18(29-3)30-14/h4-8,14-18,22-24H,9-12H2,1-3H3,(H,25,26)/t14-,15+,16+,17-,18+/m1/s1. The van der Waals surface area contributed by atoms with Crippen LogP contribution in [-0.2, 0) is 25.9 Å². The Balaban J connectivity index is 2.05. The second-order valence-corrected chi connectivity index (χ2v) is 10.5. The van der Waals surface area contributed by atoms with E-state index in [1.807, 2.05) is 6.07 Å². The molecule has 1 saturated heterocycles. The van der Waals surface area contributed by atoms with Gasteiger partial charge in [0.25, 0.3) is 0 Å². The first-order valence-corrected chi connectivity index (χ1v) is 11.7. The van der Waals surface area contributed by atoms with Crippen molar-refractivity contribution in [3.63, 3.8) is 0 Å². The number of hydrogen-bond donors (Lipinski definition) is 4. The van der Waals surface area contributed by atoms with Gasteiger partial charge in [0.1, 0.15) is 24.4 Å². The van der Waals surface area contributed by atoms with E-state index in [1.54, 1.807) is 38.1 Å². The van der Waals surface area contributed by atoms with Crippen molar-refractivity contribution in [3.05, 3.63) is 35.9 Å². The fraction of sp³-hybridized carbons (Fsp3) is 0.650. The van der Waals surface area contributed by atoms with Gasteiger partial charge in [-0.15, -0.1) is 0 Å². The molecule has 0 radical (unpaired) electrons. The Bertz CT molecular complexity index is 828. The SMILES string of the molecule is CO[C@H]1O[C@H](CS(=O)(=O)CCC(C)(C)N(Cc2ccccc2)C(=O)O)[C@H](O)[C@H](O)[C@H]1O. The minimum atomic E-state index is -3.80. The van der Waals surface area contributed by atoms with Crippen LogP contribution in [0.2, 0.25) is 0 Å². The van der Waals surface area contributed by atoms with Crippen LogP contribution in [0, 0.1) is 0 Å². The van der Waals surface area contributed by atoms with Gasteiger partial charge in [-0.25, -0.2) is 13.2 Å². The van der Waals surface area contributed by atoms with Crippen LogP contribution in [0.5, 0.6) is 0 Å². The lowest BCUT2D eigenvalue weighted by atomic mass is 9.98. The molecule has 2 rings (SSSR count). The van der Waals surface area contributed by atoms with Gasteiger partial charge in [0.2, 0.25) is 0 Å². The first kappa shape index (κ1) is 25.5. The number of hydrogen-bond acceptors (Lipinski definition) is 8. The van der Waals surface area contributed by atoms with Gasteiger partial charge in [-0.1, -0.05) is 30.3 Å². The zero-order valence-corrected chi connectivity index (χ0v) is 18.6. The molecule has 0 aromatic heterocycles. The number of aliphatic hydroxyl groups is 3. The minimum absolute atomic E-state index is 0.0101. The van der Waals surface area contributed by atoms with Gasteiger partial charge in [-0.05, 0) is 25.8 Å². The quantitative estimate of drug-likeness (QED) is 0.404. The summed E-state index contributed by atoms with van der Waals surface area (Å²) >= 11 is 0. The van der Waals surface area contributed by atoms with Crippen molar-refractivity contribution >= 4 is 15.9 Å². The molecule has 1 aliphatic heterocycles. The third-order valence-corrected chi connectivity index (χ3v) is 7.15. The summed E-state index contributed by atoms with van der Waals surface area (Å²) in [6, 6.07) is 8.98. The first-order chi connectivity index (χ1) is 14.4. The van der Waals surface area contributed by atoms with Crippen molar-refractivity contribution in [1.29, 1.82) is 0 Å². The number of sulfone groups is 1. The Morgan fingerprint density at radius 1 is 1.13 bits per heavy atom. The van der Waals surface area contributed by atoms with Crippen LogP contribution >= 0.6 is 0 Å². The molecule has 1 aliphatic rings. The molecule has 5 atom stereocenters. The molecule has 11 heteroatoms. The molecule has 0 spiro atoms. The van der Waals surface area contributed by atoms with Crippen LogP contribution in [0.4, 0.5) is 4.79 Å². The molecule has 0 aliphatic carbocycles. The predicted octanol–water partition coefficient (Wildman–Crippen LogP) is 0.204. The van der Waals surface area contributed by atoms with E-state index in [1.165, 1.54) is 12.0 Å². The molecule has 0 saturated carbocycles. The predicted molar refractivity (Wildman–Crippen MR) is 111 cm³/mol. The monoisotopic (exact) mass is 461 g/mol. The number of nitrogens with zero attached hydrogens (tertiary/aromatic N) is 1. The average Bonchev–Trinajstić information content (AvgIpc) is 2.71. The first-order valence-electron chi connectivity index (χ1n) is 9.85. The smallest absolute Gasteiger partial charge is 0.408 e. The fourth-order valence-electron chi connectivity index (χ4n) is 3.43. The van der Waals surface area contributed by atoms with Gasteiger partial charge in [-0.2, -0.15) is 0 Å². The van der Waals surface area contributed by atoms with Crippen LogP contribution in [0.15, 0.2) is 30.3 Å². The van der Waals surface area contributed by atoms with Gasteiger partial charge in [0, 0.05) is 19.2 Å². The molecular formula is C20H31NO9S. The largest absolute Gasteiger partial charge is 0.465 e. The van der Waals surface area contributed by atoms with Gasteiger partial charge >= 0.3 is 6.09 Å². The highest BCUT2D eigenvalue weighted by Crippen LogP contribution is 2.26. The second-order valence-electron chi connectivity index (χ2n) is 8.28. The van der Waals surface area contributed by atoms with Crippen LogP contribution in [0.3, 0.4) is 0 Å². The molecule has 1 aromatic rings. The molecule has 1 fully saturated rings. The van der Waals surface area contributed by atoms with Crippen molar-refractivity contribution in [2.75, 3.05) is 18.6 Å². The number of amides is 1. The highest BCUT2D eigenvalue weighted by molar-refractivity contribution is 7.91. The molecule has 0 bridgehead atoms. The molecule has 10 nitrogen and oxygen atoms in total. The maximum absolute atomic E-state index is 12.7. The summed E-state index contributed by atoms with van der Waals surface area (Å²) in [5, 5.41) is 39.5. The number of ether oxygens (including phenoxy) is 2. The topological polar surface area (TPSA) is 154 Å². The zero-order valence-electron chi connectivity index (χ0n) is 17.8. The number of benzene rings is 1. The van der Waals surface area contributed by atoms with Gasteiger partial charge in [0.15, 0.2) is 16.1 Å². The lowest BCUT2D eigenvalue weighted by molar-refractivity contribution is -0.285. The van der Waals surface area contributed by atoms with Gasteiger partial charge < -0.3 is 29.9 Å². The van der Waals surface area contributed by atoms with Crippen LogP contribution in [0.1, 0.15) is 25.8 Å². The summed E-state index contributed by atoms with van der Waals surface area (Å²) in [6.45, 7) is 3.40. The maximum Gasteiger partial charge on any atom is 0.408 e. The molecule has 0 unspecified atom stereocenters. The van der Waals surface area contributed by atoms with E-state index in [4.69, 9.17) is 9.47 Å². The molecule has 1 aromatic carbocycles. The summed E-state index contributed by atoms with van der Waals surface area (Å²) < 4.78 is 35.5. The molecule has 1 amide bonds. The Kier molecular flexibility index (Phi) is 8.42. The van der Waals surface area contributed by atoms with Crippen molar-refractivity contribution in [3.8, 4) is 0 Å². The summed E-state index contributed by atoms with van der Waals surface area (Å²) in [5.41, 5.74) is -0.219. The van der Waals surface area contributed by atoms with Crippen LogP contribution < -0.4 is 0 Å². The van der Waals surface area contributed by atoms with Crippen LogP contribution in [0.25, 0.3) is 0 Å². The molecule has 176 valence electrons. The highest BCUT2D eigenvalue weighted by atomic mass is 32.2. The fourth-order valence-corrected chi connectivity index (χ4v) is 5.18. The molecular weight excluding hydrogens is 430 g/mol. The number of rotatable bonds is 9. The minimum Gasteiger partial charge on any atom is -0.465 e. The van der Waals surface area contributed by atoms with E-state index >= 15 is 0 Å². The summed E-state index contributed by atoms with van der Waals surface area (Å²) in [7, 11) is -2.58. The third kappa shape index (κ3) is 6.61. The lowest BCUT2D eigenvalue weighted by Gasteiger charge is -2.40. The van der Waals surface area contributed by atoms with E-state index in [-0.39, 0.29) is 18.7 Å². The Labute approximate surface area is 181 Å². The normalized spacial score (nSPS) is 27.1. The Morgan fingerprint density at radius 3 is 2.29 bits per heavy atom. The summed E-state index contributed by atoms with van der Waals surface area (Å²) in [6.07, 6.45) is -8.48. The van der Waals surface area contributed by atoms with Crippen molar-refractivity contribution in [2.24, 2.45) is 0 Å². The average molecular weight is 462 g/mol. The van der Waals surface area contributed by atoms with Crippen molar-refractivity contribution in [1.82, 2.24) is 4.90 Å². The highest BCUT2D eigenvalue weighted by Gasteiger charge is 2.45. The van der Waals surface area contributed by atoms with E-state index in [0.717, 1.165) is 5.56 Å². The van der Waals surface area contributed by atoms with E-state index < -0.39 is 57.9 Å². The second kappa shape index (κ2) is 10.2. The number of methoxy groups -OCH3 is 1. The van der Waals surface area contributed by atoms with Crippen molar-refractivity contribution in [2.45, 2.75) is 63.1 Å². The van der Waals surface area contributed by atoms with Crippen LogP contribution in [-0.4, -0.2) is 94.7 Å². The van der Waals surface area contributed by atoms with E-state index in [0.29, 0.717) is 0 Å². The zero-order chi connectivity index (χ0) is 23.4. The Hall–Kier alpha value is -1.76. The molecule has 4 N–H and O–H groups in total. The van der Waals surface area contributed by atoms with E-state index in [2.05, 4.69) is 0 Å². The number of aliphatic hydroxyl groups excluding tert-OH is 3. The third-order valence-electron chi connectivity index (χ3n) is 5.49. The number of carboxylic acid groups (broad SMARTS) is 1. The maximum atomic E-state index is 12.7. The number of carbonyl (C=O) groups is 1. The Morgan fingerprint density at radius 2 is 1.74 bits per heavy atom. The van der Waals surface area contributed by atoms with E-state index in [9.17, 15) is 33.6 Å². The molecule has 31 heavy (non-hydrogen) atoms. The molecule has 1 heterocycles. The summed E-state index contributed by atoms with van der Waals surface area (Å²) in [5.74, 6) is -0.971. The van der Waals surface area contributed by atoms with Gasteiger partial charge in [-0.3, -0.25) is 4.90 Å².